The predicted molar refractivity (Wildman–Crippen MR) is 253 cm³/mol. The summed E-state index contributed by atoms with van der Waals surface area (Å²) in [6, 6.07) is 0.299. The van der Waals surface area contributed by atoms with Crippen molar-refractivity contribution in [3.8, 4) is 0 Å². The van der Waals surface area contributed by atoms with E-state index in [1.54, 1.807) is 0 Å². The summed E-state index contributed by atoms with van der Waals surface area (Å²) >= 11 is 0. The van der Waals surface area contributed by atoms with E-state index in [9.17, 15) is 14.4 Å². The van der Waals surface area contributed by atoms with Crippen molar-refractivity contribution in [1.29, 1.82) is 0 Å². The second kappa shape index (κ2) is 45.9. The van der Waals surface area contributed by atoms with Gasteiger partial charge in [0.25, 0.3) is 0 Å². The summed E-state index contributed by atoms with van der Waals surface area (Å²) in [5, 5.41) is 6.53. The third kappa shape index (κ3) is 41.5. The second-order valence-electron chi connectivity index (χ2n) is 18.3. The molecule has 0 radical (unpaired) electrons. The number of ether oxygens (including phenoxy) is 2. The highest BCUT2D eigenvalue weighted by Crippen LogP contribution is 2.23. The molecule has 0 rings (SSSR count). The van der Waals surface area contributed by atoms with Crippen LogP contribution in [0.4, 0.5) is 0 Å². The van der Waals surface area contributed by atoms with Crippen molar-refractivity contribution >= 4 is 17.8 Å². The monoisotopic (exact) mass is 835 g/mol. The molecular weight excluding hydrogens is 733 g/mol. The molecule has 2 N–H and O–H groups in total. The summed E-state index contributed by atoms with van der Waals surface area (Å²) in [6.07, 6.45) is 43.6. The molecule has 0 aliphatic heterocycles. The molecule has 0 heterocycles. The van der Waals surface area contributed by atoms with Gasteiger partial charge in [0, 0.05) is 25.3 Å². The van der Waals surface area contributed by atoms with Crippen LogP contribution < -0.4 is 10.6 Å². The van der Waals surface area contributed by atoms with Gasteiger partial charge in [-0.1, -0.05) is 195 Å². The Morgan fingerprint density at radius 3 is 1.07 bits per heavy atom. The summed E-state index contributed by atoms with van der Waals surface area (Å²) < 4.78 is 11.3. The summed E-state index contributed by atoms with van der Waals surface area (Å²) in [5.74, 6) is 1.25. The molecule has 0 aromatic carbocycles. The fraction of sp³-hybridized carbons (Fsp3) is 0.942. The highest BCUT2D eigenvalue weighted by Gasteiger charge is 2.16. The number of unbranched alkanes of at least 4 members (excludes halogenated alkanes) is 22. The molecule has 0 atom stereocenters. The molecule has 0 aliphatic rings. The minimum Gasteiger partial charge on any atom is -0.466 e. The molecule has 0 saturated heterocycles. The maximum atomic E-state index is 12.7. The van der Waals surface area contributed by atoms with Crippen LogP contribution in [0.15, 0.2) is 0 Å². The molecule has 7 heteroatoms. The minimum atomic E-state index is 0.0173. The van der Waals surface area contributed by atoms with Gasteiger partial charge in [-0.25, -0.2) is 0 Å². The number of amides is 1. The fourth-order valence-corrected chi connectivity index (χ4v) is 8.51. The number of nitrogens with one attached hydrogen (secondary N) is 2. The largest absolute Gasteiger partial charge is 0.466 e. The number of hydrogen-bond acceptors (Lipinski definition) is 6. The zero-order chi connectivity index (χ0) is 43.3. The Bertz CT molecular complexity index is 834. The van der Waals surface area contributed by atoms with Crippen LogP contribution in [0.3, 0.4) is 0 Å². The van der Waals surface area contributed by atoms with Crippen molar-refractivity contribution in [3.63, 3.8) is 0 Å². The molecule has 0 saturated carbocycles. The van der Waals surface area contributed by atoms with Crippen molar-refractivity contribution in [2.75, 3.05) is 26.8 Å². The second-order valence-corrected chi connectivity index (χ2v) is 18.3. The van der Waals surface area contributed by atoms with Crippen LogP contribution in [0.5, 0.6) is 0 Å². The van der Waals surface area contributed by atoms with E-state index in [-0.39, 0.29) is 17.8 Å². The molecule has 0 aromatic rings. The van der Waals surface area contributed by atoms with E-state index >= 15 is 0 Å². The van der Waals surface area contributed by atoms with E-state index in [0.29, 0.717) is 50.4 Å². The number of rotatable bonds is 47. The van der Waals surface area contributed by atoms with E-state index in [1.165, 1.54) is 180 Å². The maximum Gasteiger partial charge on any atom is 0.306 e. The number of carbonyl (C=O) groups excluding carboxylic acids is 3. The molecule has 0 spiro atoms. The van der Waals surface area contributed by atoms with Gasteiger partial charge < -0.3 is 20.1 Å². The number of esters is 2. The Morgan fingerprint density at radius 1 is 0.407 bits per heavy atom. The first-order valence-corrected chi connectivity index (χ1v) is 26.1. The van der Waals surface area contributed by atoms with Gasteiger partial charge in [-0.3, -0.25) is 14.4 Å². The Morgan fingerprint density at radius 2 is 0.729 bits per heavy atom. The summed E-state index contributed by atoms with van der Waals surface area (Å²) in [4.78, 5) is 37.6. The molecule has 0 aliphatic carbocycles. The third-order valence-electron chi connectivity index (χ3n) is 12.4. The minimum absolute atomic E-state index is 0.0173. The van der Waals surface area contributed by atoms with Gasteiger partial charge in [-0.2, -0.15) is 0 Å². The fourth-order valence-electron chi connectivity index (χ4n) is 8.51. The number of carbonyl (C=O) groups is 3. The lowest BCUT2D eigenvalue weighted by molar-refractivity contribution is -0.146. The Labute approximate surface area is 367 Å². The average molecular weight is 835 g/mol. The highest BCUT2D eigenvalue weighted by atomic mass is 16.5. The first kappa shape index (κ1) is 57.4. The first-order chi connectivity index (χ1) is 28.9. The lowest BCUT2D eigenvalue weighted by Gasteiger charge is -2.19. The van der Waals surface area contributed by atoms with Gasteiger partial charge in [0.1, 0.15) is 0 Å². The zero-order valence-electron chi connectivity index (χ0n) is 40.3. The molecule has 59 heavy (non-hydrogen) atoms. The maximum absolute atomic E-state index is 12.7. The van der Waals surface area contributed by atoms with Crippen LogP contribution in [-0.2, 0) is 23.9 Å². The van der Waals surface area contributed by atoms with Crippen LogP contribution in [0.2, 0.25) is 0 Å². The summed E-state index contributed by atoms with van der Waals surface area (Å²) in [7, 11) is 1.94. The smallest absolute Gasteiger partial charge is 0.306 e. The molecule has 7 nitrogen and oxygen atoms in total. The van der Waals surface area contributed by atoms with Crippen LogP contribution in [-0.4, -0.2) is 50.7 Å². The van der Waals surface area contributed by atoms with E-state index < -0.39 is 0 Å². The van der Waals surface area contributed by atoms with Gasteiger partial charge >= 0.3 is 11.9 Å². The molecule has 0 fully saturated rings. The lowest BCUT2D eigenvalue weighted by Crippen LogP contribution is -2.35. The zero-order valence-corrected chi connectivity index (χ0v) is 40.3. The van der Waals surface area contributed by atoms with E-state index in [0.717, 1.165) is 51.5 Å². The van der Waals surface area contributed by atoms with Gasteiger partial charge in [0.05, 0.1) is 13.2 Å². The van der Waals surface area contributed by atoms with E-state index in [1.807, 2.05) is 7.05 Å². The van der Waals surface area contributed by atoms with E-state index in [4.69, 9.17) is 9.47 Å². The normalized spacial score (nSPS) is 11.6. The van der Waals surface area contributed by atoms with Crippen LogP contribution in [0.1, 0.15) is 272 Å². The average Bonchev–Trinajstić information content (AvgIpc) is 3.22. The Balaban J connectivity index is 4.13. The summed E-state index contributed by atoms with van der Waals surface area (Å²) in [5.41, 5.74) is 0. The van der Waals surface area contributed by atoms with Crippen molar-refractivity contribution in [3.05, 3.63) is 0 Å². The molecule has 1 amide bonds. The Kier molecular flexibility index (Phi) is 44.6. The highest BCUT2D eigenvalue weighted by molar-refractivity contribution is 5.76. The standard InChI is InChI=1S/C52H102N2O5/c1-6-10-26-35-47(36-27-11-7-2)45-51(56)58-43-32-24-20-16-14-18-22-30-39-49(54-50(55)41-34-42-53-5)40-31-23-19-15-17-21-25-33-44-59-52(57)46-48(37-28-12-8-3)38-29-13-9-4/h47-49,53H,6-46H2,1-5H3,(H,54,55). The van der Waals surface area contributed by atoms with Gasteiger partial charge in [0.15, 0.2) is 0 Å². The molecule has 0 aromatic heterocycles. The lowest BCUT2D eigenvalue weighted by atomic mass is 9.92. The first-order valence-electron chi connectivity index (χ1n) is 26.1. The van der Waals surface area contributed by atoms with Crippen molar-refractivity contribution in [1.82, 2.24) is 10.6 Å². The van der Waals surface area contributed by atoms with Crippen molar-refractivity contribution in [2.45, 2.75) is 278 Å². The predicted octanol–water partition coefficient (Wildman–Crippen LogP) is 14.9. The Hall–Kier alpha value is -1.63. The molecular formula is C52H102N2O5. The SMILES string of the molecule is CCCCCC(CCCCC)CC(=O)OCCCCCCCCCCC(CCCCCCCCCCOC(=O)CC(CCCCC)CCCCC)NC(=O)CCCNC. The van der Waals surface area contributed by atoms with Crippen LogP contribution in [0.25, 0.3) is 0 Å². The van der Waals surface area contributed by atoms with Crippen LogP contribution >= 0.6 is 0 Å². The number of hydrogen-bond donors (Lipinski definition) is 2. The quantitative estimate of drug-likeness (QED) is 0.0468. The van der Waals surface area contributed by atoms with Gasteiger partial charge in [-0.05, 0) is 83.2 Å². The molecule has 0 bridgehead atoms. The molecule has 0 unspecified atom stereocenters. The third-order valence-corrected chi connectivity index (χ3v) is 12.4. The molecule has 350 valence electrons. The van der Waals surface area contributed by atoms with Crippen molar-refractivity contribution < 1.29 is 23.9 Å². The van der Waals surface area contributed by atoms with Gasteiger partial charge in [0.2, 0.25) is 5.91 Å². The van der Waals surface area contributed by atoms with Crippen LogP contribution in [0, 0.1) is 11.8 Å². The summed E-state index contributed by atoms with van der Waals surface area (Å²) in [6.45, 7) is 11.0. The van der Waals surface area contributed by atoms with E-state index in [2.05, 4.69) is 38.3 Å². The van der Waals surface area contributed by atoms with Crippen molar-refractivity contribution in [2.24, 2.45) is 11.8 Å². The topological polar surface area (TPSA) is 93.7 Å². The van der Waals surface area contributed by atoms with Gasteiger partial charge in [-0.15, -0.1) is 0 Å².